The molecule has 0 aromatic heterocycles. The highest BCUT2D eigenvalue weighted by Crippen LogP contribution is 2.41. The lowest BCUT2D eigenvalue weighted by atomic mass is 10.2. The molecule has 1 aliphatic rings. The summed E-state index contributed by atoms with van der Waals surface area (Å²) < 4.78 is 19.6. The van der Waals surface area contributed by atoms with Crippen molar-refractivity contribution >= 4 is 11.8 Å². The van der Waals surface area contributed by atoms with Crippen LogP contribution in [-0.4, -0.2) is 24.5 Å². The zero-order chi connectivity index (χ0) is 13.8. The van der Waals surface area contributed by atoms with Crippen molar-refractivity contribution in [2.75, 3.05) is 13.4 Å². The molecular formula is C11H11NO7. The van der Waals surface area contributed by atoms with E-state index in [1.807, 2.05) is 6.92 Å². The molecule has 8 heteroatoms. The molecule has 19 heavy (non-hydrogen) atoms. The van der Waals surface area contributed by atoms with Gasteiger partial charge in [0.25, 0.3) is 0 Å². The van der Waals surface area contributed by atoms with Gasteiger partial charge in [-0.05, 0) is 6.42 Å². The van der Waals surface area contributed by atoms with E-state index in [-0.39, 0.29) is 30.6 Å². The van der Waals surface area contributed by atoms with Crippen LogP contribution in [0.3, 0.4) is 0 Å². The minimum Gasteiger partial charge on any atom is -0.453 e. The number of ether oxygens (including phenoxy) is 4. The van der Waals surface area contributed by atoms with E-state index in [4.69, 9.17) is 18.9 Å². The van der Waals surface area contributed by atoms with E-state index in [1.54, 1.807) is 0 Å². The van der Waals surface area contributed by atoms with E-state index in [2.05, 4.69) is 0 Å². The van der Waals surface area contributed by atoms with Crippen molar-refractivity contribution in [2.45, 2.75) is 13.3 Å². The summed E-state index contributed by atoms with van der Waals surface area (Å²) in [5.41, 5.74) is -0.391. The number of nitro groups is 1. The fourth-order valence-electron chi connectivity index (χ4n) is 1.44. The molecule has 1 aliphatic heterocycles. The third-order valence-corrected chi connectivity index (χ3v) is 2.27. The Bertz CT molecular complexity index is 514. The summed E-state index contributed by atoms with van der Waals surface area (Å²) in [7, 11) is 0. The largest absolute Gasteiger partial charge is 0.514 e. The summed E-state index contributed by atoms with van der Waals surface area (Å²) in [5, 5.41) is 10.9. The zero-order valence-electron chi connectivity index (χ0n) is 10.1. The Hall–Kier alpha value is -2.51. The molecule has 0 unspecified atom stereocenters. The topological polar surface area (TPSA) is 97.1 Å². The minimum absolute atomic E-state index is 0.0315. The van der Waals surface area contributed by atoms with E-state index in [1.165, 1.54) is 6.07 Å². The van der Waals surface area contributed by atoms with Gasteiger partial charge in [0.05, 0.1) is 17.6 Å². The van der Waals surface area contributed by atoms with Crippen LogP contribution >= 0.6 is 0 Å². The van der Waals surface area contributed by atoms with Crippen molar-refractivity contribution in [1.29, 1.82) is 0 Å². The molecule has 2 rings (SSSR count). The van der Waals surface area contributed by atoms with Crippen LogP contribution in [0.2, 0.25) is 0 Å². The minimum atomic E-state index is -0.996. The predicted molar refractivity (Wildman–Crippen MR) is 61.5 cm³/mol. The number of fused-ring (bicyclic) bond motifs is 1. The Kier molecular flexibility index (Phi) is 3.69. The normalized spacial score (nSPS) is 12.1. The molecule has 0 aliphatic carbocycles. The number of nitrogens with zero attached hydrogens (tertiary/aromatic N) is 1. The van der Waals surface area contributed by atoms with Crippen LogP contribution in [0.5, 0.6) is 17.2 Å². The van der Waals surface area contributed by atoms with Crippen molar-refractivity contribution in [2.24, 2.45) is 0 Å². The number of nitro benzene ring substituents is 1. The highest BCUT2D eigenvalue weighted by Gasteiger charge is 2.26. The molecule has 0 spiro atoms. The number of benzene rings is 1. The molecule has 8 nitrogen and oxygen atoms in total. The summed E-state index contributed by atoms with van der Waals surface area (Å²) in [6.07, 6.45) is -0.373. The van der Waals surface area contributed by atoms with Gasteiger partial charge in [-0.1, -0.05) is 6.92 Å². The maximum absolute atomic E-state index is 11.3. The lowest BCUT2D eigenvalue weighted by Crippen LogP contribution is -2.12. The second kappa shape index (κ2) is 5.42. The standard InChI is InChI=1S/C11H11NO7/c1-2-3-16-11(13)19-8-5-10-9(17-6-18-10)4-7(8)12(14)15/h4-5H,2-3,6H2,1H3. The maximum atomic E-state index is 11.3. The Morgan fingerprint density at radius 2 is 2.11 bits per heavy atom. The van der Waals surface area contributed by atoms with Gasteiger partial charge in [0.15, 0.2) is 11.5 Å². The fourth-order valence-corrected chi connectivity index (χ4v) is 1.44. The fraction of sp³-hybridized carbons (Fsp3) is 0.364. The van der Waals surface area contributed by atoms with E-state index in [0.717, 1.165) is 6.07 Å². The molecule has 0 saturated carbocycles. The molecule has 0 fully saturated rings. The monoisotopic (exact) mass is 269 g/mol. The van der Waals surface area contributed by atoms with Gasteiger partial charge in [0.1, 0.15) is 0 Å². The van der Waals surface area contributed by atoms with Gasteiger partial charge < -0.3 is 18.9 Å². The van der Waals surface area contributed by atoms with Gasteiger partial charge in [0, 0.05) is 6.07 Å². The highest BCUT2D eigenvalue weighted by atomic mass is 16.7. The van der Waals surface area contributed by atoms with E-state index in [0.29, 0.717) is 6.42 Å². The maximum Gasteiger partial charge on any atom is 0.514 e. The second-order valence-corrected chi connectivity index (χ2v) is 3.63. The van der Waals surface area contributed by atoms with E-state index < -0.39 is 16.8 Å². The van der Waals surface area contributed by atoms with Crippen LogP contribution in [0.4, 0.5) is 10.5 Å². The van der Waals surface area contributed by atoms with Crippen LogP contribution in [0.15, 0.2) is 12.1 Å². The molecule has 0 N–H and O–H groups in total. The highest BCUT2D eigenvalue weighted by molar-refractivity contribution is 5.68. The van der Waals surface area contributed by atoms with Crippen molar-refractivity contribution in [3.63, 3.8) is 0 Å². The molecule has 102 valence electrons. The van der Waals surface area contributed by atoms with Gasteiger partial charge in [0.2, 0.25) is 12.5 Å². The lowest BCUT2D eigenvalue weighted by molar-refractivity contribution is -0.385. The first-order chi connectivity index (χ1) is 9.11. The number of carbonyl (C=O) groups excluding carboxylic acids is 1. The van der Waals surface area contributed by atoms with Crippen molar-refractivity contribution < 1.29 is 28.7 Å². The van der Waals surface area contributed by atoms with Crippen LogP contribution in [0.1, 0.15) is 13.3 Å². The van der Waals surface area contributed by atoms with Gasteiger partial charge in [-0.3, -0.25) is 10.1 Å². The third-order valence-electron chi connectivity index (χ3n) is 2.27. The molecular weight excluding hydrogens is 258 g/mol. The van der Waals surface area contributed by atoms with Crippen molar-refractivity contribution in [3.8, 4) is 17.2 Å². The van der Waals surface area contributed by atoms with Crippen LogP contribution in [0.25, 0.3) is 0 Å². The average molecular weight is 269 g/mol. The van der Waals surface area contributed by atoms with Gasteiger partial charge in [-0.15, -0.1) is 0 Å². The molecule has 0 bridgehead atoms. The zero-order valence-corrected chi connectivity index (χ0v) is 10.1. The number of hydrogen-bond acceptors (Lipinski definition) is 7. The first kappa shape index (κ1) is 12.9. The summed E-state index contributed by atoms with van der Waals surface area (Å²) in [6, 6.07) is 2.37. The van der Waals surface area contributed by atoms with Gasteiger partial charge in [-0.2, -0.15) is 0 Å². The quantitative estimate of drug-likeness (QED) is 0.358. The van der Waals surface area contributed by atoms with Crippen molar-refractivity contribution in [1.82, 2.24) is 0 Å². The number of hydrogen-bond donors (Lipinski definition) is 0. The van der Waals surface area contributed by atoms with Gasteiger partial charge in [-0.25, -0.2) is 4.79 Å². The first-order valence-corrected chi connectivity index (χ1v) is 5.54. The Balaban J connectivity index is 2.23. The number of rotatable bonds is 4. The second-order valence-electron chi connectivity index (χ2n) is 3.63. The summed E-state index contributed by atoms with van der Waals surface area (Å²) in [5.74, 6) is 0.278. The lowest BCUT2D eigenvalue weighted by Gasteiger charge is -2.06. The van der Waals surface area contributed by atoms with E-state index in [9.17, 15) is 14.9 Å². The predicted octanol–water partition coefficient (Wildman–Crippen LogP) is 2.25. The molecule has 0 amide bonds. The first-order valence-electron chi connectivity index (χ1n) is 5.54. The SMILES string of the molecule is CCCOC(=O)Oc1cc2c(cc1[N+](=O)[O-])OCO2. The molecule has 0 saturated heterocycles. The smallest absolute Gasteiger partial charge is 0.453 e. The summed E-state index contributed by atoms with van der Waals surface area (Å²) >= 11 is 0. The number of carbonyl (C=O) groups is 1. The van der Waals surface area contributed by atoms with E-state index >= 15 is 0 Å². The molecule has 1 heterocycles. The molecule has 1 aromatic rings. The Labute approximate surface area is 108 Å². The average Bonchev–Trinajstić information content (AvgIpc) is 2.82. The van der Waals surface area contributed by atoms with Crippen LogP contribution in [-0.2, 0) is 4.74 Å². The molecule has 0 radical (unpaired) electrons. The Morgan fingerprint density at radius 1 is 1.42 bits per heavy atom. The Morgan fingerprint density at radius 3 is 2.74 bits per heavy atom. The summed E-state index contributed by atoms with van der Waals surface area (Å²) in [4.78, 5) is 21.5. The van der Waals surface area contributed by atoms with Gasteiger partial charge >= 0.3 is 11.8 Å². The molecule has 0 atom stereocenters. The third kappa shape index (κ3) is 2.84. The van der Waals surface area contributed by atoms with Crippen molar-refractivity contribution in [3.05, 3.63) is 22.2 Å². The summed E-state index contributed by atoms with van der Waals surface area (Å²) in [6.45, 7) is 1.96. The molecule has 1 aromatic carbocycles. The van der Waals surface area contributed by atoms with Crippen LogP contribution in [0, 0.1) is 10.1 Å². The van der Waals surface area contributed by atoms with Crippen LogP contribution < -0.4 is 14.2 Å².